The molecule has 0 spiro atoms. The second-order valence-electron chi connectivity index (χ2n) is 6.75. The quantitative estimate of drug-likeness (QED) is 0.929. The SMILES string of the molecule is C[C@@H]1Cc2c(nn(C)c2C(=O)NCc2ncoc2C2CC2)[C@H](C)O1. The normalized spacial score (nSPS) is 23.1. The number of nitrogens with one attached hydrogen (secondary N) is 1. The summed E-state index contributed by atoms with van der Waals surface area (Å²) < 4.78 is 12.9. The van der Waals surface area contributed by atoms with E-state index in [1.165, 1.54) is 6.39 Å². The molecule has 2 atom stereocenters. The van der Waals surface area contributed by atoms with E-state index >= 15 is 0 Å². The standard InChI is InChI=1S/C17H22N4O3/c1-9-6-12-14(10(2)24-9)20-21(3)15(12)17(22)18-7-13-16(11-4-5-11)23-8-19-13/h8-11H,4-7H2,1-3H3,(H,18,22)/t9-,10+/m1/s1. The molecular weight excluding hydrogens is 308 g/mol. The van der Waals surface area contributed by atoms with E-state index in [1.54, 1.807) is 11.7 Å². The zero-order chi connectivity index (χ0) is 16.8. The molecule has 1 amide bonds. The molecule has 7 nitrogen and oxygen atoms in total. The van der Waals surface area contributed by atoms with Crippen molar-refractivity contribution in [1.82, 2.24) is 20.1 Å². The van der Waals surface area contributed by atoms with Crippen molar-refractivity contribution in [2.75, 3.05) is 0 Å². The fraction of sp³-hybridized carbons (Fsp3) is 0.588. The van der Waals surface area contributed by atoms with Crippen LogP contribution in [-0.2, 0) is 24.8 Å². The first-order chi connectivity index (χ1) is 11.5. The molecule has 0 aromatic carbocycles. The lowest BCUT2D eigenvalue weighted by molar-refractivity contribution is -0.00710. The number of carbonyl (C=O) groups excluding carboxylic acids is 1. The fourth-order valence-electron chi connectivity index (χ4n) is 3.49. The topological polar surface area (TPSA) is 82.2 Å². The van der Waals surface area contributed by atoms with Crippen LogP contribution < -0.4 is 5.32 Å². The van der Waals surface area contributed by atoms with E-state index < -0.39 is 0 Å². The van der Waals surface area contributed by atoms with E-state index in [0.29, 0.717) is 24.6 Å². The summed E-state index contributed by atoms with van der Waals surface area (Å²) in [5.41, 5.74) is 3.29. The van der Waals surface area contributed by atoms with Gasteiger partial charge in [-0.15, -0.1) is 0 Å². The second-order valence-corrected chi connectivity index (χ2v) is 6.75. The predicted octanol–water partition coefficient (Wildman–Crippen LogP) is 2.24. The third-order valence-corrected chi connectivity index (χ3v) is 4.74. The van der Waals surface area contributed by atoms with Crippen LogP contribution in [-0.4, -0.2) is 26.8 Å². The lowest BCUT2D eigenvalue weighted by Gasteiger charge is -2.24. The first kappa shape index (κ1) is 15.4. The number of hydrogen-bond acceptors (Lipinski definition) is 5. The number of amides is 1. The number of fused-ring (bicyclic) bond motifs is 1. The van der Waals surface area contributed by atoms with Crippen LogP contribution in [0, 0.1) is 0 Å². The Bertz CT molecular complexity index is 775. The van der Waals surface area contributed by atoms with E-state index in [9.17, 15) is 4.79 Å². The Kier molecular flexibility index (Phi) is 3.68. The predicted molar refractivity (Wildman–Crippen MR) is 85.5 cm³/mol. The molecule has 2 aromatic heterocycles. The van der Waals surface area contributed by atoms with Crippen molar-refractivity contribution in [3.05, 3.63) is 34.8 Å². The summed E-state index contributed by atoms with van der Waals surface area (Å²) in [6.45, 7) is 4.37. The molecular formula is C17H22N4O3. The Balaban J connectivity index is 1.53. The van der Waals surface area contributed by atoms with E-state index in [4.69, 9.17) is 9.15 Å². The van der Waals surface area contributed by atoms with Crippen LogP contribution in [0.1, 0.15) is 71.9 Å². The Morgan fingerprint density at radius 1 is 1.42 bits per heavy atom. The summed E-state index contributed by atoms with van der Waals surface area (Å²) in [7, 11) is 1.80. The molecule has 0 saturated heterocycles. The Labute approximate surface area is 140 Å². The molecule has 7 heteroatoms. The molecule has 1 aliphatic carbocycles. The largest absolute Gasteiger partial charge is 0.448 e. The minimum atomic E-state index is -0.128. The van der Waals surface area contributed by atoms with Crippen LogP contribution in [0.2, 0.25) is 0 Å². The molecule has 0 unspecified atom stereocenters. The number of aryl methyl sites for hydroxylation is 1. The van der Waals surface area contributed by atoms with Gasteiger partial charge in [-0.2, -0.15) is 5.10 Å². The van der Waals surface area contributed by atoms with Crippen LogP contribution >= 0.6 is 0 Å². The molecule has 0 bridgehead atoms. The smallest absolute Gasteiger partial charge is 0.270 e. The first-order valence-corrected chi connectivity index (χ1v) is 8.46. The van der Waals surface area contributed by atoms with Gasteiger partial charge in [0.15, 0.2) is 6.39 Å². The highest BCUT2D eigenvalue weighted by Gasteiger charge is 2.32. The molecule has 128 valence electrons. The molecule has 2 aliphatic rings. The third kappa shape index (κ3) is 2.62. The zero-order valence-corrected chi connectivity index (χ0v) is 14.2. The summed E-state index contributed by atoms with van der Waals surface area (Å²) in [5.74, 6) is 1.26. The highest BCUT2D eigenvalue weighted by atomic mass is 16.5. The Morgan fingerprint density at radius 2 is 2.21 bits per heavy atom. The van der Waals surface area contributed by atoms with Gasteiger partial charge in [0.1, 0.15) is 17.1 Å². The van der Waals surface area contributed by atoms with Crippen LogP contribution in [0.4, 0.5) is 0 Å². The maximum atomic E-state index is 12.7. The highest BCUT2D eigenvalue weighted by Crippen LogP contribution is 2.41. The summed E-state index contributed by atoms with van der Waals surface area (Å²) >= 11 is 0. The van der Waals surface area contributed by atoms with Gasteiger partial charge >= 0.3 is 0 Å². The molecule has 1 saturated carbocycles. The van der Waals surface area contributed by atoms with Gasteiger partial charge in [-0.25, -0.2) is 4.98 Å². The molecule has 1 fully saturated rings. The van der Waals surface area contributed by atoms with Crippen molar-refractivity contribution in [3.63, 3.8) is 0 Å². The van der Waals surface area contributed by atoms with Crippen LogP contribution in [0.5, 0.6) is 0 Å². The zero-order valence-electron chi connectivity index (χ0n) is 14.2. The molecule has 3 heterocycles. The minimum Gasteiger partial charge on any atom is -0.448 e. The molecule has 24 heavy (non-hydrogen) atoms. The summed E-state index contributed by atoms with van der Waals surface area (Å²) in [4.78, 5) is 17.0. The van der Waals surface area contributed by atoms with Crippen LogP contribution in [0.25, 0.3) is 0 Å². The number of carbonyl (C=O) groups is 1. The van der Waals surface area contributed by atoms with Gasteiger partial charge in [0.25, 0.3) is 5.91 Å². The van der Waals surface area contributed by atoms with Gasteiger partial charge in [-0.3, -0.25) is 9.48 Å². The molecule has 1 aliphatic heterocycles. The summed E-state index contributed by atoms with van der Waals surface area (Å²) in [6.07, 6.45) is 4.44. The summed E-state index contributed by atoms with van der Waals surface area (Å²) in [5, 5.41) is 7.45. The summed E-state index contributed by atoms with van der Waals surface area (Å²) in [6, 6.07) is 0. The average molecular weight is 330 g/mol. The molecule has 2 aromatic rings. The number of oxazole rings is 1. The third-order valence-electron chi connectivity index (χ3n) is 4.74. The molecule has 0 radical (unpaired) electrons. The van der Waals surface area contributed by atoms with Gasteiger partial charge in [-0.05, 0) is 26.7 Å². The van der Waals surface area contributed by atoms with E-state index in [1.807, 2.05) is 13.8 Å². The lowest BCUT2D eigenvalue weighted by Crippen LogP contribution is -2.28. The van der Waals surface area contributed by atoms with Gasteiger partial charge in [0.05, 0.1) is 24.4 Å². The van der Waals surface area contributed by atoms with Crippen molar-refractivity contribution in [1.29, 1.82) is 0 Å². The number of hydrogen-bond donors (Lipinski definition) is 1. The van der Waals surface area contributed by atoms with Gasteiger partial charge in [-0.1, -0.05) is 0 Å². The highest BCUT2D eigenvalue weighted by molar-refractivity contribution is 5.94. The minimum absolute atomic E-state index is 0.0836. The Morgan fingerprint density at radius 3 is 2.96 bits per heavy atom. The molecule has 1 N–H and O–H groups in total. The number of nitrogens with zero attached hydrogens (tertiary/aromatic N) is 3. The maximum absolute atomic E-state index is 12.7. The van der Waals surface area contributed by atoms with E-state index in [2.05, 4.69) is 15.4 Å². The van der Waals surface area contributed by atoms with Gasteiger partial charge < -0.3 is 14.5 Å². The average Bonchev–Trinajstić information content (AvgIpc) is 3.17. The van der Waals surface area contributed by atoms with E-state index in [-0.39, 0.29) is 18.1 Å². The van der Waals surface area contributed by atoms with Crippen LogP contribution in [0.15, 0.2) is 10.8 Å². The number of ether oxygens (including phenoxy) is 1. The van der Waals surface area contributed by atoms with Crippen molar-refractivity contribution in [2.24, 2.45) is 7.05 Å². The number of rotatable bonds is 4. The second kappa shape index (κ2) is 5.73. The lowest BCUT2D eigenvalue weighted by atomic mass is 9.99. The van der Waals surface area contributed by atoms with Gasteiger partial charge in [0.2, 0.25) is 0 Å². The van der Waals surface area contributed by atoms with Crippen molar-refractivity contribution in [3.8, 4) is 0 Å². The first-order valence-electron chi connectivity index (χ1n) is 8.46. The maximum Gasteiger partial charge on any atom is 0.270 e. The van der Waals surface area contributed by atoms with Crippen molar-refractivity contribution in [2.45, 2.75) is 57.8 Å². The van der Waals surface area contributed by atoms with E-state index in [0.717, 1.165) is 35.6 Å². The van der Waals surface area contributed by atoms with Gasteiger partial charge in [0, 0.05) is 24.9 Å². The monoisotopic (exact) mass is 330 g/mol. The Hall–Kier alpha value is -2.15. The fourth-order valence-corrected chi connectivity index (χ4v) is 3.49. The van der Waals surface area contributed by atoms with Crippen LogP contribution in [0.3, 0.4) is 0 Å². The van der Waals surface area contributed by atoms with Crippen molar-refractivity contribution >= 4 is 5.91 Å². The molecule has 4 rings (SSSR count). The number of aromatic nitrogens is 3. The van der Waals surface area contributed by atoms with Crippen molar-refractivity contribution < 1.29 is 13.9 Å².